The molecule has 7 nitrogen and oxygen atoms in total. The first-order valence-corrected chi connectivity index (χ1v) is 18.1. The maximum atomic E-state index is 13.0. The van der Waals surface area contributed by atoms with E-state index in [1.807, 2.05) is 32.0 Å². The van der Waals surface area contributed by atoms with E-state index in [0.29, 0.717) is 25.7 Å². The third-order valence-electron chi connectivity index (χ3n) is 8.01. The molecular formula is C40H54FNO6S. The monoisotopic (exact) mass is 695 g/mol. The SMILES string of the molecule is C#C.CC.CCCOc1ccc([C@H]2CC(c3ccc4c(c3)OCCO4)CN2CC=O)cc1.CCc1cc(F)cc(CC)c1C.CSC(=O)O. The van der Waals surface area contributed by atoms with Crippen LogP contribution in [0.1, 0.15) is 87.2 Å². The molecule has 0 spiro atoms. The number of nitrogens with zero attached hydrogens (tertiary/aromatic N) is 1. The predicted octanol–water partition coefficient (Wildman–Crippen LogP) is 9.54. The van der Waals surface area contributed by atoms with Crippen molar-refractivity contribution in [3.05, 3.63) is 88.2 Å². The Morgan fingerprint density at radius 2 is 1.53 bits per heavy atom. The molecule has 268 valence electrons. The highest BCUT2D eigenvalue weighted by molar-refractivity contribution is 8.12. The lowest BCUT2D eigenvalue weighted by atomic mass is 9.93. The van der Waals surface area contributed by atoms with Gasteiger partial charge >= 0.3 is 5.30 Å². The van der Waals surface area contributed by atoms with Gasteiger partial charge in [-0.2, -0.15) is 0 Å². The number of aryl methyl sites for hydroxylation is 2. The van der Waals surface area contributed by atoms with Gasteiger partial charge in [0.05, 0.1) is 13.2 Å². The van der Waals surface area contributed by atoms with E-state index in [4.69, 9.17) is 19.3 Å². The number of thioether (sulfide) groups is 1. The number of fused-ring (bicyclic) bond motifs is 1. The average Bonchev–Trinajstić information content (AvgIpc) is 3.57. The van der Waals surface area contributed by atoms with Gasteiger partial charge in [0.2, 0.25) is 0 Å². The maximum absolute atomic E-state index is 13.0. The number of halogens is 1. The lowest BCUT2D eigenvalue weighted by Crippen LogP contribution is -2.25. The first kappa shape index (κ1) is 43.0. The molecule has 49 heavy (non-hydrogen) atoms. The minimum atomic E-state index is -0.829. The standard InChI is InChI=1S/C23H27NO4.C11H15F.C2H4O2S.C2H6.C2H2/c1-2-11-26-20-6-3-17(4-7-20)21-14-19(16-24(21)9-10-25)18-5-8-22-23(15-18)28-13-12-27-22;1-4-9-6-11(12)7-10(5-2)8(9)3;1-5-2(3)4;2*1-2/h3-8,10,15,19,21H,2,9,11-14,16H2,1H3;6-7H,4-5H2,1-3H3;1H3,(H,3,4);1-2H3;1-2H/t19?,21-;;;;/m1..../s1. The van der Waals surface area contributed by atoms with Gasteiger partial charge in [0.25, 0.3) is 0 Å². The molecule has 2 aliphatic heterocycles. The summed E-state index contributed by atoms with van der Waals surface area (Å²) < 4.78 is 30.1. The van der Waals surface area contributed by atoms with Crippen LogP contribution in [0.15, 0.2) is 54.6 Å². The van der Waals surface area contributed by atoms with Gasteiger partial charge in [-0.15, -0.1) is 12.8 Å². The van der Waals surface area contributed by atoms with Gasteiger partial charge in [-0.25, -0.2) is 9.18 Å². The molecule has 0 aromatic heterocycles. The Hall–Kier alpha value is -4.00. The molecule has 1 unspecified atom stereocenters. The zero-order valence-corrected chi connectivity index (χ0v) is 31.0. The predicted molar refractivity (Wildman–Crippen MR) is 200 cm³/mol. The number of hydrogen-bond acceptors (Lipinski definition) is 7. The van der Waals surface area contributed by atoms with E-state index in [1.54, 1.807) is 12.1 Å². The minimum absolute atomic E-state index is 0.102. The zero-order valence-electron chi connectivity index (χ0n) is 30.2. The summed E-state index contributed by atoms with van der Waals surface area (Å²) in [5.41, 5.74) is 5.98. The van der Waals surface area contributed by atoms with E-state index in [9.17, 15) is 14.0 Å². The molecule has 0 bridgehead atoms. The Labute approximate surface area is 297 Å². The van der Waals surface area contributed by atoms with E-state index in [1.165, 1.54) is 22.9 Å². The summed E-state index contributed by atoms with van der Waals surface area (Å²) in [6.07, 6.45) is 14.3. The molecule has 1 fully saturated rings. The summed E-state index contributed by atoms with van der Waals surface area (Å²) >= 11 is 0.796. The first-order valence-electron chi connectivity index (χ1n) is 16.9. The highest BCUT2D eigenvalue weighted by Crippen LogP contribution is 2.43. The second kappa shape index (κ2) is 24.2. The minimum Gasteiger partial charge on any atom is -0.494 e. The number of benzene rings is 3. The molecule has 9 heteroatoms. The fourth-order valence-electron chi connectivity index (χ4n) is 5.64. The number of rotatable bonds is 9. The van der Waals surface area contributed by atoms with Crippen molar-refractivity contribution < 1.29 is 33.3 Å². The van der Waals surface area contributed by atoms with Crippen molar-refractivity contribution in [2.75, 3.05) is 39.2 Å². The second-order valence-electron chi connectivity index (χ2n) is 10.9. The van der Waals surface area contributed by atoms with Crippen LogP contribution >= 0.6 is 11.8 Å². The van der Waals surface area contributed by atoms with Crippen LogP contribution in [0.4, 0.5) is 9.18 Å². The molecule has 3 aromatic rings. The molecule has 5 rings (SSSR count). The number of ether oxygens (including phenoxy) is 3. The summed E-state index contributed by atoms with van der Waals surface area (Å²) in [5, 5.41) is 6.86. The van der Waals surface area contributed by atoms with Crippen molar-refractivity contribution in [2.24, 2.45) is 0 Å². The zero-order chi connectivity index (χ0) is 36.8. The molecule has 0 amide bonds. The summed E-state index contributed by atoms with van der Waals surface area (Å²) in [5.74, 6) is 2.79. The van der Waals surface area contributed by atoms with Gasteiger partial charge < -0.3 is 24.1 Å². The van der Waals surface area contributed by atoms with Crippen LogP contribution in [0, 0.1) is 25.6 Å². The second-order valence-corrected chi connectivity index (χ2v) is 11.7. The van der Waals surface area contributed by atoms with Crippen LogP contribution in [0.3, 0.4) is 0 Å². The Morgan fingerprint density at radius 3 is 2.04 bits per heavy atom. The third-order valence-corrected chi connectivity index (χ3v) is 8.36. The van der Waals surface area contributed by atoms with E-state index >= 15 is 0 Å². The van der Waals surface area contributed by atoms with Crippen molar-refractivity contribution >= 4 is 23.3 Å². The Kier molecular flexibility index (Phi) is 21.2. The van der Waals surface area contributed by atoms with Gasteiger partial charge in [0.1, 0.15) is 31.1 Å². The molecule has 2 atom stereocenters. The lowest BCUT2D eigenvalue weighted by Gasteiger charge is -2.22. The molecular weight excluding hydrogens is 642 g/mol. The van der Waals surface area contributed by atoms with E-state index in [-0.39, 0.29) is 11.9 Å². The van der Waals surface area contributed by atoms with Gasteiger partial charge in [0.15, 0.2) is 11.5 Å². The fourth-order valence-corrected chi connectivity index (χ4v) is 5.64. The van der Waals surface area contributed by atoms with Gasteiger partial charge in [0, 0.05) is 12.6 Å². The third kappa shape index (κ3) is 13.8. The highest BCUT2D eigenvalue weighted by Gasteiger charge is 2.34. The van der Waals surface area contributed by atoms with Crippen molar-refractivity contribution in [1.29, 1.82) is 0 Å². The summed E-state index contributed by atoms with van der Waals surface area (Å²) in [7, 11) is 0. The highest BCUT2D eigenvalue weighted by atomic mass is 32.2. The summed E-state index contributed by atoms with van der Waals surface area (Å²) in [4.78, 5) is 22.8. The van der Waals surface area contributed by atoms with Crippen LogP contribution in [0.5, 0.6) is 17.2 Å². The lowest BCUT2D eigenvalue weighted by molar-refractivity contribution is -0.109. The van der Waals surface area contributed by atoms with Gasteiger partial charge in [-0.1, -0.05) is 52.8 Å². The number of carbonyl (C=O) groups is 2. The normalized spacial score (nSPS) is 15.7. The summed E-state index contributed by atoms with van der Waals surface area (Å²) in [6.45, 7) is 15.5. The average molecular weight is 696 g/mol. The molecule has 0 saturated carbocycles. The molecule has 1 N–H and O–H groups in total. The molecule has 3 aromatic carbocycles. The topological polar surface area (TPSA) is 85.3 Å². The Morgan fingerprint density at radius 1 is 0.980 bits per heavy atom. The molecule has 0 radical (unpaired) electrons. The smallest absolute Gasteiger partial charge is 0.364 e. The Bertz CT molecular complexity index is 1400. The molecule has 2 heterocycles. The largest absolute Gasteiger partial charge is 0.494 e. The van der Waals surface area contributed by atoms with Crippen LogP contribution in [0.2, 0.25) is 0 Å². The van der Waals surface area contributed by atoms with Crippen molar-refractivity contribution in [1.82, 2.24) is 4.90 Å². The van der Waals surface area contributed by atoms with Crippen LogP contribution < -0.4 is 14.2 Å². The summed E-state index contributed by atoms with van der Waals surface area (Å²) in [6, 6.07) is 18.0. The quantitative estimate of drug-likeness (QED) is 0.175. The van der Waals surface area contributed by atoms with Gasteiger partial charge in [-0.05, 0) is 121 Å². The Balaban J connectivity index is 0.000000474. The van der Waals surface area contributed by atoms with Crippen LogP contribution in [-0.4, -0.2) is 60.8 Å². The van der Waals surface area contributed by atoms with Crippen molar-refractivity contribution in [3.63, 3.8) is 0 Å². The number of likely N-dealkylation sites (tertiary alicyclic amines) is 1. The van der Waals surface area contributed by atoms with Crippen LogP contribution in [0.25, 0.3) is 0 Å². The van der Waals surface area contributed by atoms with Crippen molar-refractivity contribution in [2.45, 2.75) is 79.2 Å². The fraction of sp³-hybridized carbons (Fsp3) is 0.450. The maximum Gasteiger partial charge on any atom is 0.364 e. The van der Waals surface area contributed by atoms with E-state index in [2.05, 4.69) is 69.7 Å². The number of hydrogen-bond donors (Lipinski definition) is 1. The number of aldehydes is 1. The molecule has 1 saturated heterocycles. The first-order chi connectivity index (χ1) is 23.7. The van der Waals surface area contributed by atoms with Crippen molar-refractivity contribution in [3.8, 4) is 30.1 Å². The number of terminal acetylenes is 1. The number of carboxylic acid groups (broad SMARTS) is 1. The van der Waals surface area contributed by atoms with Crippen LogP contribution in [-0.2, 0) is 17.6 Å². The number of carbonyl (C=O) groups excluding carboxylic acids is 1. The molecule has 2 aliphatic rings. The van der Waals surface area contributed by atoms with E-state index < -0.39 is 5.30 Å². The van der Waals surface area contributed by atoms with Gasteiger partial charge in [-0.3, -0.25) is 4.90 Å². The molecule has 0 aliphatic carbocycles. The van der Waals surface area contributed by atoms with E-state index in [0.717, 1.165) is 85.3 Å².